The highest BCUT2D eigenvalue weighted by Gasteiger charge is 2.17. The van der Waals surface area contributed by atoms with E-state index in [0.717, 1.165) is 6.08 Å². The number of carbonyl (C=O) groups is 1. The monoisotopic (exact) mass is 262 g/mol. The molecule has 1 N–H and O–H groups in total. The van der Waals surface area contributed by atoms with Gasteiger partial charge in [-0.15, -0.1) is 0 Å². The van der Waals surface area contributed by atoms with Crippen molar-refractivity contribution in [3.05, 3.63) is 35.9 Å². The van der Waals surface area contributed by atoms with Crippen LogP contribution in [0.1, 0.15) is 12.5 Å². The van der Waals surface area contributed by atoms with E-state index in [4.69, 9.17) is 19.3 Å². The molecule has 5 heteroatoms. The number of benzene rings is 1. The average Bonchev–Trinajstić information content (AvgIpc) is 2.83. The highest BCUT2D eigenvalue weighted by molar-refractivity contribution is 5.86. The second kappa shape index (κ2) is 5.95. The van der Waals surface area contributed by atoms with Crippen LogP contribution in [0.15, 0.2) is 30.4 Å². The van der Waals surface area contributed by atoms with E-state index in [1.807, 2.05) is 19.1 Å². The maximum Gasteiger partial charge on any atom is 0.328 e. The van der Waals surface area contributed by atoms with Crippen molar-refractivity contribution in [1.82, 2.24) is 0 Å². The van der Waals surface area contributed by atoms with E-state index in [2.05, 4.69) is 0 Å². The van der Waals surface area contributed by atoms with Crippen molar-refractivity contribution in [3.8, 4) is 17.2 Å². The summed E-state index contributed by atoms with van der Waals surface area (Å²) >= 11 is 0. The molecule has 5 nitrogen and oxygen atoms in total. The zero-order valence-electron chi connectivity index (χ0n) is 10.5. The lowest BCUT2D eigenvalue weighted by Crippen LogP contribution is -1.96. The van der Waals surface area contributed by atoms with Gasteiger partial charge in [-0.1, -0.05) is 12.2 Å². The second-order valence-corrected chi connectivity index (χ2v) is 3.79. The van der Waals surface area contributed by atoms with Gasteiger partial charge < -0.3 is 19.3 Å². The Bertz CT molecular complexity index is 531. The lowest BCUT2D eigenvalue weighted by Gasteiger charge is -2.08. The van der Waals surface area contributed by atoms with E-state index in [9.17, 15) is 4.79 Å². The normalized spacial score (nSPS) is 13.3. The summed E-state index contributed by atoms with van der Waals surface area (Å²) in [5, 5.41) is 8.68. The van der Waals surface area contributed by atoms with Gasteiger partial charge in [0.25, 0.3) is 0 Å². The molecule has 1 aliphatic rings. The molecular weight excluding hydrogens is 248 g/mol. The summed E-state index contributed by atoms with van der Waals surface area (Å²) in [6.45, 7) is 2.47. The lowest BCUT2D eigenvalue weighted by molar-refractivity contribution is -0.131. The van der Waals surface area contributed by atoms with Crippen LogP contribution < -0.4 is 14.2 Å². The maximum atomic E-state index is 10.6. The number of carboxylic acid groups (broad SMARTS) is 1. The number of aliphatic carboxylic acids is 1. The van der Waals surface area contributed by atoms with E-state index in [1.165, 1.54) is 6.08 Å². The predicted octanol–water partition coefficient (Wildman–Crippen LogP) is 2.47. The Morgan fingerprint density at radius 3 is 2.84 bits per heavy atom. The Labute approximate surface area is 110 Å². The highest BCUT2D eigenvalue weighted by atomic mass is 16.7. The van der Waals surface area contributed by atoms with E-state index < -0.39 is 5.97 Å². The minimum absolute atomic E-state index is 0.162. The summed E-state index contributed by atoms with van der Waals surface area (Å²) in [5.41, 5.74) is 0.635. The molecule has 0 atom stereocenters. The summed E-state index contributed by atoms with van der Waals surface area (Å²) in [6.07, 6.45) is 6.25. The summed E-state index contributed by atoms with van der Waals surface area (Å²) in [5.74, 6) is 0.725. The fraction of sp³-hybridized carbons (Fsp3) is 0.214. The summed E-state index contributed by atoms with van der Waals surface area (Å²) < 4.78 is 16.1. The number of hydrogen-bond donors (Lipinski definition) is 1. The third kappa shape index (κ3) is 3.28. The Kier molecular flexibility index (Phi) is 4.07. The molecule has 0 radical (unpaired) electrons. The molecule has 1 aliphatic heterocycles. The van der Waals surface area contributed by atoms with Crippen molar-refractivity contribution >= 4 is 12.0 Å². The van der Waals surface area contributed by atoms with Gasteiger partial charge in [-0.25, -0.2) is 4.79 Å². The molecule has 0 unspecified atom stereocenters. The van der Waals surface area contributed by atoms with Crippen molar-refractivity contribution in [2.45, 2.75) is 6.92 Å². The van der Waals surface area contributed by atoms with Gasteiger partial charge in [-0.05, 0) is 19.1 Å². The van der Waals surface area contributed by atoms with Crippen molar-refractivity contribution < 1.29 is 24.1 Å². The van der Waals surface area contributed by atoms with Crippen molar-refractivity contribution in [2.24, 2.45) is 0 Å². The van der Waals surface area contributed by atoms with Gasteiger partial charge in [0.05, 0.1) is 0 Å². The average molecular weight is 262 g/mol. The third-order valence-electron chi connectivity index (χ3n) is 2.48. The van der Waals surface area contributed by atoms with Crippen molar-refractivity contribution in [2.75, 3.05) is 13.4 Å². The molecule has 0 aromatic heterocycles. The molecule has 0 saturated heterocycles. The summed E-state index contributed by atoms with van der Waals surface area (Å²) in [6, 6.07) is 3.40. The number of carboxylic acids is 1. The van der Waals surface area contributed by atoms with Crippen LogP contribution in [0.2, 0.25) is 0 Å². The van der Waals surface area contributed by atoms with Crippen LogP contribution >= 0.6 is 0 Å². The maximum absolute atomic E-state index is 10.6. The van der Waals surface area contributed by atoms with Crippen LogP contribution in [0.4, 0.5) is 0 Å². The van der Waals surface area contributed by atoms with Gasteiger partial charge in [-0.3, -0.25) is 0 Å². The number of ether oxygens (including phenoxy) is 3. The lowest BCUT2D eigenvalue weighted by atomic mass is 10.1. The van der Waals surface area contributed by atoms with E-state index in [0.29, 0.717) is 29.4 Å². The summed E-state index contributed by atoms with van der Waals surface area (Å²) in [4.78, 5) is 10.6. The molecule has 1 aromatic rings. The van der Waals surface area contributed by atoms with E-state index >= 15 is 0 Å². The fourth-order valence-electron chi connectivity index (χ4n) is 1.59. The molecule has 1 aromatic carbocycles. The van der Waals surface area contributed by atoms with Crippen LogP contribution in [-0.2, 0) is 4.79 Å². The molecule has 0 aliphatic carbocycles. The Hall–Kier alpha value is -2.43. The predicted molar refractivity (Wildman–Crippen MR) is 69.5 cm³/mol. The van der Waals surface area contributed by atoms with Crippen LogP contribution in [0.5, 0.6) is 17.2 Å². The van der Waals surface area contributed by atoms with Crippen LogP contribution in [-0.4, -0.2) is 24.5 Å². The van der Waals surface area contributed by atoms with Crippen molar-refractivity contribution in [3.63, 3.8) is 0 Å². The summed E-state index contributed by atoms with van der Waals surface area (Å²) in [7, 11) is 0. The van der Waals surface area contributed by atoms with Gasteiger partial charge >= 0.3 is 5.97 Å². The first-order valence-corrected chi connectivity index (χ1v) is 5.79. The molecule has 100 valence electrons. The number of rotatable bonds is 5. The first kappa shape index (κ1) is 13.0. The number of fused-ring (bicyclic) bond motifs is 1. The van der Waals surface area contributed by atoms with Crippen LogP contribution in [0.25, 0.3) is 6.08 Å². The van der Waals surface area contributed by atoms with E-state index in [1.54, 1.807) is 12.1 Å². The molecular formula is C14H14O5. The molecule has 0 spiro atoms. The molecule has 0 fully saturated rings. The third-order valence-corrected chi connectivity index (χ3v) is 2.48. The molecule has 1 heterocycles. The largest absolute Gasteiger partial charge is 0.489 e. The zero-order valence-corrected chi connectivity index (χ0v) is 10.5. The smallest absolute Gasteiger partial charge is 0.328 e. The molecule has 2 rings (SSSR count). The van der Waals surface area contributed by atoms with Gasteiger partial charge in [0.15, 0.2) is 11.5 Å². The Balaban J connectivity index is 2.29. The highest BCUT2D eigenvalue weighted by Crippen LogP contribution is 2.38. The quantitative estimate of drug-likeness (QED) is 0.652. The number of allylic oxidation sites excluding steroid dienone is 1. The first-order chi connectivity index (χ1) is 9.20. The molecule has 0 bridgehead atoms. The topological polar surface area (TPSA) is 65.0 Å². The van der Waals surface area contributed by atoms with Gasteiger partial charge in [0.1, 0.15) is 12.4 Å². The molecule has 0 amide bonds. The Morgan fingerprint density at radius 1 is 1.42 bits per heavy atom. The molecule has 19 heavy (non-hydrogen) atoms. The van der Waals surface area contributed by atoms with Crippen LogP contribution in [0, 0.1) is 0 Å². The first-order valence-electron chi connectivity index (χ1n) is 5.79. The van der Waals surface area contributed by atoms with Gasteiger partial charge in [-0.2, -0.15) is 0 Å². The SMILES string of the molecule is CC=CCOc1cc2c(cc1C=CC(=O)O)OCO2. The minimum atomic E-state index is -1.02. The Morgan fingerprint density at radius 2 is 2.16 bits per heavy atom. The van der Waals surface area contributed by atoms with Gasteiger partial charge in [0, 0.05) is 17.7 Å². The number of hydrogen-bond acceptors (Lipinski definition) is 4. The second-order valence-electron chi connectivity index (χ2n) is 3.79. The zero-order chi connectivity index (χ0) is 13.7. The minimum Gasteiger partial charge on any atom is -0.489 e. The molecule has 0 saturated carbocycles. The van der Waals surface area contributed by atoms with E-state index in [-0.39, 0.29) is 6.79 Å². The van der Waals surface area contributed by atoms with Gasteiger partial charge in [0.2, 0.25) is 6.79 Å². The standard InChI is InChI=1S/C14H14O5/c1-2-3-6-17-11-8-13-12(18-9-19-13)7-10(11)4-5-14(15)16/h2-5,7-8H,6,9H2,1H3,(H,15,16). The van der Waals surface area contributed by atoms with Crippen LogP contribution in [0.3, 0.4) is 0 Å². The van der Waals surface area contributed by atoms with Crippen molar-refractivity contribution in [1.29, 1.82) is 0 Å². The fourth-order valence-corrected chi connectivity index (χ4v) is 1.59.